The zero-order valence-electron chi connectivity index (χ0n) is 9.97. The van der Waals surface area contributed by atoms with Gasteiger partial charge in [0.15, 0.2) is 5.96 Å². The molecule has 6 nitrogen and oxygen atoms in total. The highest BCUT2D eigenvalue weighted by molar-refractivity contribution is 7.10. The summed E-state index contributed by atoms with van der Waals surface area (Å²) in [5, 5.41) is 20.3. The molecule has 0 bridgehead atoms. The predicted molar refractivity (Wildman–Crippen MR) is 67.1 cm³/mol. The number of hydrogen-bond acceptors (Lipinski definition) is 6. The molecule has 0 saturated carbocycles. The normalized spacial score (nSPS) is 23.7. The highest BCUT2D eigenvalue weighted by atomic mass is 32.1. The van der Waals surface area contributed by atoms with E-state index < -0.39 is 5.54 Å². The molecule has 0 spiro atoms. The molecule has 2 heterocycles. The summed E-state index contributed by atoms with van der Waals surface area (Å²) >= 11 is 1.21. The molecule has 1 aromatic heterocycles. The average molecular weight is 264 g/mol. The van der Waals surface area contributed by atoms with E-state index in [9.17, 15) is 9.90 Å². The Bertz CT molecular complexity index is 586. The van der Waals surface area contributed by atoms with Crippen molar-refractivity contribution in [3.63, 3.8) is 0 Å². The Morgan fingerprint density at radius 3 is 2.89 bits per heavy atom. The first-order chi connectivity index (χ1) is 8.39. The third kappa shape index (κ3) is 1.71. The van der Waals surface area contributed by atoms with E-state index in [-0.39, 0.29) is 29.6 Å². The van der Waals surface area contributed by atoms with Gasteiger partial charge in [0.25, 0.3) is 0 Å². The molecule has 0 aliphatic carbocycles. The van der Waals surface area contributed by atoms with E-state index in [1.54, 1.807) is 19.4 Å². The quantitative estimate of drug-likeness (QED) is 0.779. The minimum Gasteiger partial charge on any atom is -0.505 e. The van der Waals surface area contributed by atoms with Gasteiger partial charge in [0, 0.05) is 12.4 Å². The van der Waals surface area contributed by atoms with Gasteiger partial charge in [-0.1, -0.05) is 0 Å². The molecule has 0 unspecified atom stereocenters. The second-order valence-corrected chi connectivity index (χ2v) is 5.19. The molecule has 1 aliphatic rings. The van der Waals surface area contributed by atoms with Gasteiger partial charge in [-0.05, 0) is 6.92 Å². The number of aliphatic imine (C=N–C) groups is 1. The van der Waals surface area contributed by atoms with Crippen molar-refractivity contribution in [1.82, 2.24) is 4.90 Å². The largest absolute Gasteiger partial charge is 0.505 e. The molecule has 94 valence electrons. The lowest BCUT2D eigenvalue weighted by Crippen LogP contribution is -2.47. The summed E-state index contributed by atoms with van der Waals surface area (Å²) in [4.78, 5) is 17.8. The number of carbonyl (C=O) groups is 1. The fourth-order valence-corrected chi connectivity index (χ4v) is 2.85. The minimum atomic E-state index is -0.905. The van der Waals surface area contributed by atoms with Crippen molar-refractivity contribution in [1.29, 1.82) is 5.26 Å². The number of hydrogen-bond donors (Lipinski definition) is 2. The highest BCUT2D eigenvalue weighted by Crippen LogP contribution is 2.43. The van der Waals surface area contributed by atoms with Crippen LogP contribution in [-0.4, -0.2) is 28.9 Å². The van der Waals surface area contributed by atoms with Crippen LogP contribution in [0.2, 0.25) is 0 Å². The standard InChI is InChI=1S/C11H12N4O2S/c1-11(3-7(16)15(2)10(13)14-11)9-8(17)6(4-12)5-18-9/h5,17H,3H2,1-2H3,(H2,13,14)/t11-/m0/s1. The van der Waals surface area contributed by atoms with E-state index >= 15 is 0 Å². The third-order valence-electron chi connectivity index (χ3n) is 2.95. The lowest BCUT2D eigenvalue weighted by Gasteiger charge is -2.32. The Hall–Kier alpha value is -2.07. The molecule has 0 radical (unpaired) electrons. The van der Waals surface area contributed by atoms with Crippen LogP contribution in [0.4, 0.5) is 0 Å². The van der Waals surface area contributed by atoms with Gasteiger partial charge in [-0.15, -0.1) is 11.3 Å². The second kappa shape index (κ2) is 3.99. The molecule has 1 aliphatic heterocycles. The van der Waals surface area contributed by atoms with Gasteiger partial charge in [-0.25, -0.2) is 4.99 Å². The Morgan fingerprint density at radius 2 is 2.39 bits per heavy atom. The lowest BCUT2D eigenvalue weighted by molar-refractivity contribution is -0.128. The van der Waals surface area contributed by atoms with Crippen LogP contribution in [0.5, 0.6) is 5.75 Å². The molecule has 0 saturated heterocycles. The van der Waals surface area contributed by atoms with E-state index in [0.717, 1.165) is 0 Å². The van der Waals surface area contributed by atoms with Crippen LogP contribution in [0, 0.1) is 11.3 Å². The first-order valence-electron chi connectivity index (χ1n) is 5.22. The maximum Gasteiger partial charge on any atom is 0.231 e. The van der Waals surface area contributed by atoms with Crippen molar-refractivity contribution >= 4 is 23.2 Å². The van der Waals surface area contributed by atoms with Gasteiger partial charge in [0.05, 0.1) is 11.3 Å². The van der Waals surface area contributed by atoms with Crippen molar-refractivity contribution in [2.75, 3.05) is 7.05 Å². The SMILES string of the molecule is CN1C(=O)C[C@@](C)(c2scc(C#N)c2O)N=C1N. The van der Waals surface area contributed by atoms with Crippen LogP contribution in [0.25, 0.3) is 0 Å². The van der Waals surface area contributed by atoms with Gasteiger partial charge in [-0.3, -0.25) is 9.69 Å². The number of carbonyl (C=O) groups excluding carboxylic acids is 1. The Kier molecular flexibility index (Phi) is 2.75. The number of aromatic hydroxyl groups is 1. The number of amides is 1. The lowest BCUT2D eigenvalue weighted by atomic mass is 9.93. The summed E-state index contributed by atoms with van der Waals surface area (Å²) in [5.74, 6) is -0.171. The molecule has 1 atom stereocenters. The molecule has 18 heavy (non-hydrogen) atoms. The Balaban J connectivity index is 2.53. The summed E-state index contributed by atoms with van der Waals surface area (Å²) in [5.41, 5.74) is 4.97. The molecule has 0 fully saturated rings. The monoisotopic (exact) mass is 264 g/mol. The van der Waals surface area contributed by atoms with E-state index in [1.165, 1.54) is 16.2 Å². The fourth-order valence-electron chi connectivity index (χ4n) is 1.85. The Labute approximate surface area is 108 Å². The molecule has 7 heteroatoms. The molecule has 1 aromatic rings. The predicted octanol–water partition coefficient (Wildman–Crippen LogP) is 0.717. The van der Waals surface area contributed by atoms with Crippen molar-refractivity contribution in [2.24, 2.45) is 10.7 Å². The van der Waals surface area contributed by atoms with Crippen molar-refractivity contribution < 1.29 is 9.90 Å². The first-order valence-corrected chi connectivity index (χ1v) is 6.10. The number of thiophene rings is 1. The second-order valence-electron chi connectivity index (χ2n) is 4.31. The molecule has 1 amide bonds. The van der Waals surface area contributed by atoms with E-state index in [0.29, 0.717) is 4.88 Å². The summed E-state index contributed by atoms with van der Waals surface area (Å²) in [7, 11) is 1.55. The maximum absolute atomic E-state index is 11.8. The van der Waals surface area contributed by atoms with Crippen LogP contribution < -0.4 is 5.73 Å². The molecular formula is C11H12N4O2S. The topological polar surface area (TPSA) is 103 Å². The fraction of sp³-hybridized carbons (Fsp3) is 0.364. The minimum absolute atomic E-state index is 0.111. The van der Waals surface area contributed by atoms with Gasteiger partial charge in [-0.2, -0.15) is 5.26 Å². The summed E-state index contributed by atoms with van der Waals surface area (Å²) in [6.45, 7) is 1.72. The number of guanidine groups is 1. The van der Waals surface area contributed by atoms with Crippen LogP contribution in [0.1, 0.15) is 23.8 Å². The van der Waals surface area contributed by atoms with Gasteiger partial charge in [0.2, 0.25) is 5.91 Å². The van der Waals surface area contributed by atoms with Gasteiger partial charge in [0.1, 0.15) is 22.9 Å². The summed E-state index contributed by atoms with van der Waals surface area (Å²) in [6.07, 6.45) is 0.114. The third-order valence-corrected chi connectivity index (χ3v) is 4.17. The molecule has 2 rings (SSSR count). The van der Waals surface area contributed by atoms with Gasteiger partial charge >= 0.3 is 0 Å². The number of nitriles is 1. The smallest absolute Gasteiger partial charge is 0.231 e. The Morgan fingerprint density at radius 1 is 1.72 bits per heavy atom. The van der Waals surface area contributed by atoms with E-state index in [2.05, 4.69) is 4.99 Å². The van der Waals surface area contributed by atoms with Crippen LogP contribution >= 0.6 is 11.3 Å². The average Bonchev–Trinajstić information content (AvgIpc) is 2.68. The highest BCUT2D eigenvalue weighted by Gasteiger charge is 2.39. The number of rotatable bonds is 1. The summed E-state index contributed by atoms with van der Waals surface area (Å²) in [6, 6.07) is 1.89. The molecular weight excluding hydrogens is 252 g/mol. The van der Waals surface area contributed by atoms with Gasteiger partial charge < -0.3 is 10.8 Å². The van der Waals surface area contributed by atoms with E-state index in [4.69, 9.17) is 11.0 Å². The van der Waals surface area contributed by atoms with Crippen LogP contribution in [-0.2, 0) is 10.3 Å². The first kappa shape index (κ1) is 12.4. The number of nitrogens with zero attached hydrogens (tertiary/aromatic N) is 3. The zero-order chi connectivity index (χ0) is 13.5. The molecule has 3 N–H and O–H groups in total. The van der Waals surface area contributed by atoms with E-state index in [1.807, 2.05) is 6.07 Å². The van der Waals surface area contributed by atoms with Crippen molar-refractivity contribution in [2.45, 2.75) is 18.9 Å². The summed E-state index contributed by atoms with van der Waals surface area (Å²) < 4.78 is 0. The molecule has 0 aromatic carbocycles. The van der Waals surface area contributed by atoms with Crippen molar-refractivity contribution in [3.05, 3.63) is 15.8 Å². The number of nitrogens with two attached hydrogens (primary N) is 1. The van der Waals surface area contributed by atoms with Crippen molar-refractivity contribution in [3.8, 4) is 11.8 Å². The van der Waals surface area contributed by atoms with Crippen LogP contribution in [0.15, 0.2) is 10.4 Å². The maximum atomic E-state index is 11.8. The zero-order valence-corrected chi connectivity index (χ0v) is 10.8. The van der Waals surface area contributed by atoms with Crippen LogP contribution in [0.3, 0.4) is 0 Å².